The number of hydrogen-bond donors (Lipinski definition) is 4. The molecule has 4 rings (SSSR count). The lowest BCUT2D eigenvalue weighted by molar-refractivity contribution is -0.144. The number of likely N-dealkylation sites (tertiary alicyclic amines) is 1. The minimum Gasteiger partial charge on any atom is -0.444 e. The van der Waals surface area contributed by atoms with Crippen molar-refractivity contribution in [3.63, 3.8) is 0 Å². The number of nitrogens with zero attached hydrogens (tertiary/aromatic N) is 1. The average molecular weight is 788 g/mol. The van der Waals surface area contributed by atoms with Crippen molar-refractivity contribution < 1.29 is 33.5 Å². The molecule has 5 amide bonds. The topological polar surface area (TPSA) is 163 Å². The number of Topliss-reactive ketones (excluding diaryl/α,β-unsaturated/α-hetero) is 1. The van der Waals surface area contributed by atoms with Crippen molar-refractivity contribution in [1.82, 2.24) is 26.2 Å². The number of hydrogen-bond acceptors (Lipinski definition) is 10. The number of alkyl carbamates (subject to hydrolysis) is 1. The first-order valence-electron chi connectivity index (χ1n) is 18.0. The lowest BCUT2D eigenvalue weighted by Crippen LogP contribution is -2.59. The fourth-order valence-corrected chi connectivity index (χ4v) is 10.4. The average Bonchev–Trinajstić information content (AvgIpc) is 3.76. The van der Waals surface area contributed by atoms with E-state index in [4.69, 9.17) is 4.74 Å². The molecule has 2 saturated heterocycles. The molecular formula is C38H53N5O7S3. The quantitative estimate of drug-likeness (QED) is 0.204. The van der Waals surface area contributed by atoms with E-state index in [1.165, 1.54) is 16.2 Å². The molecule has 0 radical (unpaired) electrons. The summed E-state index contributed by atoms with van der Waals surface area (Å²) in [5.41, 5.74) is -0.637. The van der Waals surface area contributed by atoms with Gasteiger partial charge in [-0.05, 0) is 67.5 Å². The van der Waals surface area contributed by atoms with Crippen molar-refractivity contribution >= 4 is 70.4 Å². The highest BCUT2D eigenvalue weighted by atomic mass is 32.2. The third-order valence-corrected chi connectivity index (χ3v) is 13.1. The number of rotatable bonds is 13. The molecule has 0 saturated carbocycles. The molecule has 1 aromatic heterocycles. The van der Waals surface area contributed by atoms with Gasteiger partial charge in [0.25, 0.3) is 5.91 Å². The van der Waals surface area contributed by atoms with E-state index in [2.05, 4.69) is 21.3 Å². The maximum atomic E-state index is 14.4. The Morgan fingerprint density at radius 3 is 2.19 bits per heavy atom. The molecule has 2 aliphatic rings. The zero-order chi connectivity index (χ0) is 39.0. The number of carbonyl (C=O) groups is 6. The fourth-order valence-electron chi connectivity index (χ4n) is 6.23. The Morgan fingerprint density at radius 1 is 0.925 bits per heavy atom. The van der Waals surface area contributed by atoms with Gasteiger partial charge in [-0.2, -0.15) is 0 Å². The highest BCUT2D eigenvalue weighted by Gasteiger charge is 2.53. The zero-order valence-corrected chi connectivity index (χ0v) is 34.1. The van der Waals surface area contributed by atoms with Crippen molar-refractivity contribution in [3.8, 4) is 0 Å². The molecule has 2 fully saturated rings. The smallest absolute Gasteiger partial charge is 0.408 e. The normalized spacial score (nSPS) is 18.7. The maximum absolute atomic E-state index is 14.4. The van der Waals surface area contributed by atoms with Crippen molar-refractivity contribution in [2.24, 2.45) is 5.41 Å². The van der Waals surface area contributed by atoms with Gasteiger partial charge in [-0.15, -0.1) is 34.9 Å². The van der Waals surface area contributed by atoms with E-state index in [0.717, 1.165) is 28.4 Å². The molecule has 290 valence electrons. The number of amides is 5. The Kier molecular flexibility index (Phi) is 14.5. The van der Waals surface area contributed by atoms with Gasteiger partial charge in [-0.1, -0.05) is 70.5 Å². The summed E-state index contributed by atoms with van der Waals surface area (Å²) in [6.45, 7) is 12.4. The number of benzene rings is 1. The van der Waals surface area contributed by atoms with E-state index in [1.807, 2.05) is 75.5 Å². The molecule has 2 aliphatic heterocycles. The second-order valence-electron chi connectivity index (χ2n) is 15.4. The molecule has 1 spiro atoms. The van der Waals surface area contributed by atoms with Gasteiger partial charge in [0.2, 0.25) is 23.5 Å². The Labute approximate surface area is 325 Å². The van der Waals surface area contributed by atoms with Crippen LogP contribution >= 0.6 is 34.9 Å². The standard InChI is InChI=1S/C38H53N5O7S3/c1-8-14-25(30(45)33(47)39-22-28(44)41-29(27-17-12-18-51-27)24-15-10-9-11-16-24)40-32(46)26-21-38(52-19-13-20-53-38)23-43(26)34(48)31(36(2,3)4)42-35(49)50-37(5,6)7/h9-12,15-18,25-26,29,31H,8,13-14,19-23H2,1-7H3,(H,39,47)(H,40,46)(H,41,44)(H,42,49). The summed E-state index contributed by atoms with van der Waals surface area (Å²) in [5.74, 6) is -1.56. The van der Waals surface area contributed by atoms with Crippen LogP contribution in [0.5, 0.6) is 0 Å². The van der Waals surface area contributed by atoms with Crippen molar-refractivity contribution in [3.05, 3.63) is 58.3 Å². The van der Waals surface area contributed by atoms with Crippen LogP contribution in [0.4, 0.5) is 4.79 Å². The summed E-state index contributed by atoms with van der Waals surface area (Å²) < 4.78 is 5.04. The summed E-state index contributed by atoms with van der Waals surface area (Å²) in [7, 11) is 0. The summed E-state index contributed by atoms with van der Waals surface area (Å²) in [4.78, 5) is 83.5. The second-order valence-corrected chi connectivity index (χ2v) is 19.6. The minimum absolute atomic E-state index is 0.179. The van der Waals surface area contributed by atoms with Crippen LogP contribution in [-0.2, 0) is 28.7 Å². The Balaban J connectivity index is 1.47. The van der Waals surface area contributed by atoms with E-state index in [9.17, 15) is 28.8 Å². The van der Waals surface area contributed by atoms with Crippen molar-refractivity contribution in [1.29, 1.82) is 0 Å². The first-order chi connectivity index (χ1) is 24.9. The van der Waals surface area contributed by atoms with Gasteiger partial charge in [-0.3, -0.25) is 24.0 Å². The summed E-state index contributed by atoms with van der Waals surface area (Å²) in [6, 6.07) is 9.69. The van der Waals surface area contributed by atoms with Gasteiger partial charge >= 0.3 is 6.09 Å². The molecule has 0 bridgehead atoms. The van der Waals surface area contributed by atoms with Crippen LogP contribution in [0.3, 0.4) is 0 Å². The predicted octanol–water partition coefficient (Wildman–Crippen LogP) is 5.03. The molecule has 4 atom stereocenters. The Morgan fingerprint density at radius 2 is 1.60 bits per heavy atom. The van der Waals surface area contributed by atoms with Crippen molar-refractivity contribution in [2.75, 3.05) is 24.6 Å². The molecule has 0 aliphatic carbocycles. The lowest BCUT2D eigenvalue weighted by Gasteiger charge is -2.36. The predicted molar refractivity (Wildman–Crippen MR) is 211 cm³/mol. The molecule has 4 unspecified atom stereocenters. The molecule has 3 heterocycles. The largest absolute Gasteiger partial charge is 0.444 e. The van der Waals surface area contributed by atoms with Crippen molar-refractivity contribution in [2.45, 2.75) is 108 Å². The summed E-state index contributed by atoms with van der Waals surface area (Å²) in [5, 5.41) is 12.8. The van der Waals surface area contributed by atoms with Crippen LogP contribution in [-0.4, -0.2) is 92.8 Å². The summed E-state index contributed by atoms with van der Waals surface area (Å²) in [6.07, 6.45) is 1.28. The first-order valence-corrected chi connectivity index (χ1v) is 20.9. The zero-order valence-electron chi connectivity index (χ0n) is 31.6. The van der Waals surface area contributed by atoms with E-state index >= 15 is 0 Å². The van der Waals surface area contributed by atoms with E-state index in [-0.39, 0.29) is 13.0 Å². The van der Waals surface area contributed by atoms with Gasteiger partial charge in [-0.25, -0.2) is 4.79 Å². The molecular weight excluding hydrogens is 735 g/mol. The molecule has 4 N–H and O–H groups in total. The van der Waals surface area contributed by atoms with Crippen LogP contribution < -0.4 is 21.3 Å². The SMILES string of the molecule is CCCC(NC(=O)C1CC2(CN1C(=O)C(NC(=O)OC(C)(C)C)C(C)(C)C)SCCCS2)C(=O)C(=O)NCC(=O)NC(c1ccccc1)c1cccs1. The molecule has 12 nitrogen and oxygen atoms in total. The van der Waals surface area contributed by atoms with Gasteiger partial charge in [0.05, 0.1) is 22.7 Å². The molecule has 1 aromatic carbocycles. The number of thioether (sulfide) groups is 2. The summed E-state index contributed by atoms with van der Waals surface area (Å²) >= 11 is 4.92. The molecule has 15 heteroatoms. The van der Waals surface area contributed by atoms with Gasteiger partial charge in [0.1, 0.15) is 17.7 Å². The number of nitrogens with one attached hydrogen (secondary N) is 4. The highest BCUT2D eigenvalue weighted by Crippen LogP contribution is 2.50. The van der Waals surface area contributed by atoms with Crippen LogP contribution in [0.1, 0.15) is 90.6 Å². The van der Waals surface area contributed by atoms with Gasteiger partial charge in [0.15, 0.2) is 0 Å². The number of thiophene rings is 1. The van der Waals surface area contributed by atoms with E-state index in [0.29, 0.717) is 12.8 Å². The number of ketones is 1. The number of ether oxygens (including phenoxy) is 1. The molecule has 53 heavy (non-hydrogen) atoms. The number of carbonyl (C=O) groups excluding carboxylic acids is 6. The lowest BCUT2D eigenvalue weighted by atomic mass is 9.85. The van der Waals surface area contributed by atoms with Crippen LogP contribution in [0.15, 0.2) is 47.8 Å². The fraction of sp³-hybridized carbons (Fsp3) is 0.579. The van der Waals surface area contributed by atoms with Crippen LogP contribution in [0, 0.1) is 5.41 Å². The van der Waals surface area contributed by atoms with Crippen LogP contribution in [0.2, 0.25) is 0 Å². The first kappa shape index (κ1) is 42.2. The van der Waals surface area contributed by atoms with E-state index in [1.54, 1.807) is 44.3 Å². The van der Waals surface area contributed by atoms with Crippen LogP contribution in [0.25, 0.3) is 0 Å². The van der Waals surface area contributed by atoms with Gasteiger partial charge < -0.3 is 30.9 Å². The maximum Gasteiger partial charge on any atom is 0.408 e. The Bertz CT molecular complexity index is 1600. The Hall–Kier alpha value is -3.56. The second kappa shape index (κ2) is 18.2. The highest BCUT2D eigenvalue weighted by molar-refractivity contribution is 8.18. The van der Waals surface area contributed by atoms with E-state index < -0.39 is 81.3 Å². The van der Waals surface area contributed by atoms with Gasteiger partial charge in [0, 0.05) is 17.8 Å². The monoisotopic (exact) mass is 787 g/mol. The minimum atomic E-state index is -1.17. The molecule has 2 aromatic rings. The third kappa shape index (κ3) is 11.7. The third-order valence-electron chi connectivity index (χ3n) is 8.78.